The molecule has 2 aromatic rings. The van der Waals surface area contributed by atoms with E-state index in [-0.39, 0.29) is 5.91 Å². The topological polar surface area (TPSA) is 56.2 Å². The van der Waals surface area contributed by atoms with Gasteiger partial charge in [-0.15, -0.1) is 0 Å². The number of amides is 1. The molecule has 0 atom stereocenters. The van der Waals surface area contributed by atoms with Gasteiger partial charge in [-0.05, 0) is 18.6 Å². The van der Waals surface area contributed by atoms with Crippen LogP contribution in [0, 0.1) is 0 Å². The zero-order chi connectivity index (χ0) is 13.5. The summed E-state index contributed by atoms with van der Waals surface area (Å²) in [5.74, 6) is 1.34. The summed E-state index contributed by atoms with van der Waals surface area (Å²) >= 11 is 0. The molecule has 0 radical (unpaired) electrons. The van der Waals surface area contributed by atoms with E-state index in [4.69, 9.17) is 4.74 Å². The van der Waals surface area contributed by atoms with Crippen molar-refractivity contribution >= 4 is 11.9 Å². The first-order valence-corrected chi connectivity index (χ1v) is 6.21. The molecular weight excluding hydrogens is 242 g/mol. The monoisotopic (exact) mass is 259 g/mol. The fraction of sp³-hybridized carbons (Fsp3) is 0.286. The van der Waals surface area contributed by atoms with Crippen molar-refractivity contribution in [3.05, 3.63) is 42.7 Å². The van der Waals surface area contributed by atoms with Gasteiger partial charge in [0, 0.05) is 25.9 Å². The van der Waals surface area contributed by atoms with Crippen LogP contribution < -0.4 is 10.1 Å². The minimum Gasteiger partial charge on any atom is -0.494 e. The average Bonchev–Trinajstić information content (AvgIpc) is 2.82. The molecule has 100 valence electrons. The SMILES string of the molecule is Cn1ccnc1NC(=O)CCCOc1ccccc1. The summed E-state index contributed by atoms with van der Waals surface area (Å²) < 4.78 is 7.28. The molecule has 0 bridgehead atoms. The van der Waals surface area contributed by atoms with Crippen molar-refractivity contribution in [2.75, 3.05) is 11.9 Å². The molecule has 5 nitrogen and oxygen atoms in total. The summed E-state index contributed by atoms with van der Waals surface area (Å²) in [6, 6.07) is 9.57. The summed E-state index contributed by atoms with van der Waals surface area (Å²) in [7, 11) is 1.83. The molecule has 1 N–H and O–H groups in total. The Morgan fingerprint density at radius 2 is 2.16 bits per heavy atom. The van der Waals surface area contributed by atoms with Gasteiger partial charge >= 0.3 is 0 Å². The Morgan fingerprint density at radius 1 is 1.37 bits per heavy atom. The van der Waals surface area contributed by atoms with Gasteiger partial charge in [0.1, 0.15) is 5.75 Å². The second-order valence-corrected chi connectivity index (χ2v) is 4.17. The van der Waals surface area contributed by atoms with Gasteiger partial charge in [0.05, 0.1) is 6.61 Å². The van der Waals surface area contributed by atoms with Crippen LogP contribution in [0.5, 0.6) is 5.75 Å². The van der Waals surface area contributed by atoms with Gasteiger partial charge in [0.2, 0.25) is 11.9 Å². The smallest absolute Gasteiger partial charge is 0.226 e. The number of para-hydroxylation sites is 1. The van der Waals surface area contributed by atoms with E-state index in [1.807, 2.05) is 37.4 Å². The maximum Gasteiger partial charge on any atom is 0.226 e. The molecule has 0 aliphatic rings. The summed E-state index contributed by atoms with van der Waals surface area (Å²) in [5, 5.41) is 2.75. The lowest BCUT2D eigenvalue weighted by Gasteiger charge is -2.06. The number of carbonyl (C=O) groups excluding carboxylic acids is 1. The predicted molar refractivity (Wildman–Crippen MR) is 73.0 cm³/mol. The van der Waals surface area contributed by atoms with E-state index in [2.05, 4.69) is 10.3 Å². The molecule has 5 heteroatoms. The Hall–Kier alpha value is -2.30. The third kappa shape index (κ3) is 4.13. The number of anilines is 1. The average molecular weight is 259 g/mol. The molecule has 0 saturated carbocycles. The number of rotatable bonds is 6. The van der Waals surface area contributed by atoms with Crippen molar-refractivity contribution in [1.82, 2.24) is 9.55 Å². The fourth-order valence-corrected chi connectivity index (χ4v) is 1.61. The quantitative estimate of drug-likeness (QED) is 0.809. The normalized spacial score (nSPS) is 10.2. The van der Waals surface area contributed by atoms with Crippen LogP contribution in [-0.4, -0.2) is 22.1 Å². The third-order valence-electron chi connectivity index (χ3n) is 2.63. The highest BCUT2D eigenvalue weighted by Gasteiger charge is 2.05. The van der Waals surface area contributed by atoms with Crippen molar-refractivity contribution in [3.8, 4) is 5.75 Å². The number of hydrogen-bond donors (Lipinski definition) is 1. The Bertz CT molecular complexity index is 522. The molecule has 0 spiro atoms. The van der Waals surface area contributed by atoms with E-state index in [9.17, 15) is 4.79 Å². The maximum atomic E-state index is 11.7. The molecule has 0 aliphatic heterocycles. The minimum atomic E-state index is -0.0500. The number of imidazole rings is 1. The van der Waals surface area contributed by atoms with Gasteiger partial charge in [-0.1, -0.05) is 18.2 Å². The Balaban J connectivity index is 1.66. The maximum absolute atomic E-state index is 11.7. The van der Waals surface area contributed by atoms with Gasteiger partial charge in [-0.25, -0.2) is 4.98 Å². The van der Waals surface area contributed by atoms with Crippen LogP contribution in [0.15, 0.2) is 42.7 Å². The molecule has 2 rings (SSSR count). The van der Waals surface area contributed by atoms with Crippen molar-refractivity contribution in [2.24, 2.45) is 7.05 Å². The lowest BCUT2D eigenvalue weighted by atomic mass is 10.3. The summed E-state index contributed by atoms with van der Waals surface area (Å²) in [4.78, 5) is 15.7. The van der Waals surface area contributed by atoms with Gasteiger partial charge < -0.3 is 9.30 Å². The molecule has 0 unspecified atom stereocenters. The number of aromatic nitrogens is 2. The first kappa shape index (κ1) is 13.1. The number of carbonyl (C=O) groups is 1. The Kier molecular flexibility index (Phi) is 4.55. The molecule has 19 heavy (non-hydrogen) atoms. The second-order valence-electron chi connectivity index (χ2n) is 4.17. The number of nitrogens with zero attached hydrogens (tertiary/aromatic N) is 2. The van der Waals surface area contributed by atoms with Gasteiger partial charge in [0.15, 0.2) is 0 Å². The van der Waals surface area contributed by atoms with E-state index in [1.54, 1.807) is 17.0 Å². The predicted octanol–water partition coefficient (Wildman–Crippen LogP) is 2.22. The zero-order valence-electron chi connectivity index (χ0n) is 10.9. The Labute approximate surface area is 112 Å². The van der Waals surface area contributed by atoms with Crippen LogP contribution >= 0.6 is 0 Å². The van der Waals surface area contributed by atoms with Crippen molar-refractivity contribution in [1.29, 1.82) is 0 Å². The highest BCUT2D eigenvalue weighted by molar-refractivity contribution is 5.88. The molecule has 1 aromatic heterocycles. The van der Waals surface area contributed by atoms with Crippen molar-refractivity contribution in [3.63, 3.8) is 0 Å². The molecule has 0 fully saturated rings. The van der Waals surface area contributed by atoms with E-state index in [0.717, 1.165) is 5.75 Å². The number of nitrogens with one attached hydrogen (secondary N) is 1. The van der Waals surface area contributed by atoms with Gasteiger partial charge in [0.25, 0.3) is 0 Å². The van der Waals surface area contributed by atoms with Crippen LogP contribution in [0.4, 0.5) is 5.95 Å². The zero-order valence-corrected chi connectivity index (χ0v) is 10.9. The largest absolute Gasteiger partial charge is 0.494 e. The van der Waals surface area contributed by atoms with E-state index < -0.39 is 0 Å². The number of benzene rings is 1. The van der Waals surface area contributed by atoms with Crippen LogP contribution in [0.3, 0.4) is 0 Å². The molecule has 1 heterocycles. The number of ether oxygens (including phenoxy) is 1. The highest BCUT2D eigenvalue weighted by atomic mass is 16.5. The van der Waals surface area contributed by atoms with Gasteiger partial charge in [-0.3, -0.25) is 10.1 Å². The molecule has 1 aromatic carbocycles. The van der Waals surface area contributed by atoms with Crippen molar-refractivity contribution in [2.45, 2.75) is 12.8 Å². The van der Waals surface area contributed by atoms with Crippen LogP contribution in [0.1, 0.15) is 12.8 Å². The number of hydrogen-bond acceptors (Lipinski definition) is 3. The van der Waals surface area contributed by atoms with E-state index in [1.165, 1.54) is 0 Å². The lowest BCUT2D eigenvalue weighted by molar-refractivity contribution is -0.116. The van der Waals surface area contributed by atoms with Crippen LogP contribution in [0.25, 0.3) is 0 Å². The summed E-state index contributed by atoms with van der Waals surface area (Å²) in [6.45, 7) is 0.526. The first-order chi connectivity index (χ1) is 9.25. The molecule has 0 saturated heterocycles. The van der Waals surface area contributed by atoms with Crippen molar-refractivity contribution < 1.29 is 9.53 Å². The van der Waals surface area contributed by atoms with Crippen LogP contribution in [0.2, 0.25) is 0 Å². The van der Waals surface area contributed by atoms with Crippen LogP contribution in [-0.2, 0) is 11.8 Å². The van der Waals surface area contributed by atoms with Gasteiger partial charge in [-0.2, -0.15) is 0 Å². The number of aryl methyl sites for hydroxylation is 1. The summed E-state index contributed by atoms with van der Waals surface area (Å²) in [5.41, 5.74) is 0. The standard InChI is InChI=1S/C14H17N3O2/c1-17-10-9-15-14(17)16-13(18)8-5-11-19-12-6-3-2-4-7-12/h2-4,6-7,9-10H,5,8,11H2,1H3,(H,15,16,18). The summed E-state index contributed by atoms with van der Waals surface area (Å²) in [6.07, 6.45) is 4.52. The van der Waals surface area contributed by atoms with E-state index >= 15 is 0 Å². The molecular formula is C14H17N3O2. The molecule has 1 amide bonds. The lowest BCUT2D eigenvalue weighted by Crippen LogP contribution is -2.15. The Morgan fingerprint density at radius 3 is 2.84 bits per heavy atom. The first-order valence-electron chi connectivity index (χ1n) is 6.21. The van der Waals surface area contributed by atoms with E-state index in [0.29, 0.717) is 25.4 Å². The fourth-order valence-electron chi connectivity index (χ4n) is 1.61. The second kappa shape index (κ2) is 6.58. The highest BCUT2D eigenvalue weighted by Crippen LogP contribution is 2.09. The minimum absolute atomic E-state index is 0.0500. The third-order valence-corrected chi connectivity index (χ3v) is 2.63. The molecule has 0 aliphatic carbocycles.